The molecule has 0 saturated heterocycles. The lowest BCUT2D eigenvalue weighted by Gasteiger charge is -2.23. The van der Waals surface area contributed by atoms with E-state index in [0.29, 0.717) is 0 Å². The Hall–Kier alpha value is 0.140. The highest BCUT2D eigenvalue weighted by atomic mass is 79.9. The highest BCUT2D eigenvalue weighted by Gasteiger charge is 2.19. The summed E-state index contributed by atoms with van der Waals surface area (Å²) in [5.41, 5.74) is 8.73. The molecule has 1 nitrogen and oxygen atoms in total. The molecule has 70 valence electrons. The maximum absolute atomic E-state index is 6.04. The highest BCUT2D eigenvalue weighted by molar-refractivity contribution is 9.11. The third kappa shape index (κ3) is 1.83. The lowest BCUT2D eigenvalue weighted by Crippen LogP contribution is -2.17. The third-order valence-corrected chi connectivity index (χ3v) is 3.70. The molecule has 0 unspecified atom stereocenters. The molecule has 0 fully saturated rings. The van der Waals surface area contributed by atoms with Gasteiger partial charge in [0.2, 0.25) is 0 Å². The Labute approximate surface area is 95.0 Å². The van der Waals surface area contributed by atoms with Crippen LogP contribution in [0.25, 0.3) is 0 Å². The summed E-state index contributed by atoms with van der Waals surface area (Å²) in [6.07, 6.45) is 3.46. The van der Waals surface area contributed by atoms with Gasteiger partial charge in [0.05, 0.1) is 0 Å². The predicted octanol–water partition coefficient (Wildman–Crippen LogP) is 3.55. The quantitative estimate of drug-likeness (QED) is 0.779. The van der Waals surface area contributed by atoms with E-state index in [4.69, 9.17) is 5.73 Å². The van der Waals surface area contributed by atoms with Gasteiger partial charge in [0.1, 0.15) is 0 Å². The summed E-state index contributed by atoms with van der Waals surface area (Å²) >= 11 is 7.06. The highest BCUT2D eigenvalue weighted by Crippen LogP contribution is 2.35. The van der Waals surface area contributed by atoms with Crippen molar-refractivity contribution in [3.8, 4) is 0 Å². The smallest absolute Gasteiger partial charge is 0.0298 e. The maximum atomic E-state index is 6.04. The van der Waals surface area contributed by atoms with Crippen LogP contribution in [0.2, 0.25) is 0 Å². The largest absolute Gasteiger partial charge is 0.324 e. The number of hydrogen-bond acceptors (Lipinski definition) is 1. The van der Waals surface area contributed by atoms with Crippen LogP contribution in [0, 0.1) is 0 Å². The van der Waals surface area contributed by atoms with Gasteiger partial charge in [0.25, 0.3) is 0 Å². The summed E-state index contributed by atoms with van der Waals surface area (Å²) in [5, 5.41) is 0. The molecule has 3 heteroatoms. The second-order valence-corrected chi connectivity index (χ2v) is 5.22. The Morgan fingerprint density at radius 1 is 1.31 bits per heavy atom. The summed E-state index contributed by atoms with van der Waals surface area (Å²) in [6.45, 7) is 0. The first-order valence-electron chi connectivity index (χ1n) is 4.42. The number of fused-ring (bicyclic) bond motifs is 1. The van der Waals surface area contributed by atoms with Gasteiger partial charge in [-0.1, -0.05) is 31.9 Å². The van der Waals surface area contributed by atoms with Crippen LogP contribution in [0.4, 0.5) is 0 Å². The molecule has 0 heterocycles. The van der Waals surface area contributed by atoms with Gasteiger partial charge in [-0.05, 0) is 42.5 Å². The summed E-state index contributed by atoms with van der Waals surface area (Å²) in [4.78, 5) is 0. The summed E-state index contributed by atoms with van der Waals surface area (Å²) in [7, 11) is 0. The Morgan fingerprint density at radius 3 is 2.85 bits per heavy atom. The van der Waals surface area contributed by atoms with Crippen molar-refractivity contribution in [2.45, 2.75) is 25.3 Å². The molecule has 1 atom stereocenters. The number of nitrogens with two attached hydrogens (primary N) is 1. The van der Waals surface area contributed by atoms with Crippen LogP contribution in [-0.2, 0) is 6.42 Å². The van der Waals surface area contributed by atoms with Gasteiger partial charge >= 0.3 is 0 Å². The standard InChI is InChI=1S/C10H11Br2N/c11-6-4-8-7(9(12)5-6)2-1-3-10(8)13/h4-5,10H,1-3,13H2/t10-/m1/s1. The molecule has 1 aliphatic rings. The normalized spacial score (nSPS) is 21.3. The molecule has 1 aromatic rings. The van der Waals surface area contributed by atoms with Gasteiger partial charge in [0.15, 0.2) is 0 Å². The van der Waals surface area contributed by atoms with E-state index in [2.05, 4.69) is 44.0 Å². The van der Waals surface area contributed by atoms with Crippen LogP contribution in [0.5, 0.6) is 0 Å². The van der Waals surface area contributed by atoms with Crippen molar-refractivity contribution in [1.82, 2.24) is 0 Å². The van der Waals surface area contributed by atoms with Crippen molar-refractivity contribution in [1.29, 1.82) is 0 Å². The average Bonchev–Trinajstić information content (AvgIpc) is 2.07. The summed E-state index contributed by atoms with van der Waals surface area (Å²) in [6, 6.07) is 4.46. The van der Waals surface area contributed by atoms with E-state index in [1.807, 2.05) is 0 Å². The van der Waals surface area contributed by atoms with Crippen LogP contribution in [0.1, 0.15) is 30.0 Å². The Bertz CT molecular complexity index is 336. The van der Waals surface area contributed by atoms with Crippen molar-refractivity contribution < 1.29 is 0 Å². The molecule has 0 radical (unpaired) electrons. The summed E-state index contributed by atoms with van der Waals surface area (Å²) in [5.74, 6) is 0. The van der Waals surface area contributed by atoms with Crippen molar-refractivity contribution in [3.05, 3.63) is 32.2 Å². The zero-order valence-corrected chi connectivity index (χ0v) is 10.4. The molecular formula is C10H11Br2N. The van der Waals surface area contributed by atoms with Gasteiger partial charge in [0, 0.05) is 15.0 Å². The topological polar surface area (TPSA) is 26.0 Å². The van der Waals surface area contributed by atoms with E-state index in [1.54, 1.807) is 0 Å². The van der Waals surface area contributed by atoms with E-state index < -0.39 is 0 Å². The van der Waals surface area contributed by atoms with Crippen LogP contribution >= 0.6 is 31.9 Å². The fourth-order valence-corrected chi connectivity index (χ4v) is 3.33. The van der Waals surface area contributed by atoms with E-state index >= 15 is 0 Å². The van der Waals surface area contributed by atoms with E-state index in [9.17, 15) is 0 Å². The molecule has 2 N–H and O–H groups in total. The average molecular weight is 305 g/mol. The molecule has 0 saturated carbocycles. The SMILES string of the molecule is N[C@@H]1CCCc2c(Br)cc(Br)cc21. The van der Waals surface area contributed by atoms with Gasteiger partial charge < -0.3 is 5.73 Å². The molecule has 0 aliphatic heterocycles. The van der Waals surface area contributed by atoms with Crippen LogP contribution < -0.4 is 5.73 Å². The molecule has 0 aromatic heterocycles. The number of rotatable bonds is 0. The second-order valence-electron chi connectivity index (χ2n) is 3.45. The minimum Gasteiger partial charge on any atom is -0.324 e. The van der Waals surface area contributed by atoms with Gasteiger partial charge in [-0.15, -0.1) is 0 Å². The van der Waals surface area contributed by atoms with Gasteiger partial charge in [-0.2, -0.15) is 0 Å². The molecule has 13 heavy (non-hydrogen) atoms. The first kappa shape index (κ1) is 9.69. The van der Waals surface area contributed by atoms with Crippen molar-refractivity contribution in [2.75, 3.05) is 0 Å². The number of halogens is 2. The second kappa shape index (κ2) is 3.71. The van der Waals surface area contributed by atoms with Crippen LogP contribution in [-0.4, -0.2) is 0 Å². The zero-order valence-electron chi connectivity index (χ0n) is 7.19. The Balaban J connectivity index is 2.56. The number of benzene rings is 1. The maximum Gasteiger partial charge on any atom is 0.0298 e. The molecule has 0 amide bonds. The molecule has 1 aromatic carbocycles. The molecular weight excluding hydrogens is 294 g/mol. The van der Waals surface area contributed by atoms with Crippen molar-refractivity contribution >= 4 is 31.9 Å². The third-order valence-electron chi connectivity index (χ3n) is 2.54. The fourth-order valence-electron chi connectivity index (χ4n) is 1.87. The van der Waals surface area contributed by atoms with Crippen molar-refractivity contribution in [2.24, 2.45) is 5.73 Å². The minimum atomic E-state index is 0.220. The molecule has 0 spiro atoms. The van der Waals surface area contributed by atoms with Crippen LogP contribution in [0.3, 0.4) is 0 Å². The zero-order chi connectivity index (χ0) is 9.42. The van der Waals surface area contributed by atoms with E-state index in [0.717, 1.165) is 17.3 Å². The predicted molar refractivity (Wildman–Crippen MR) is 61.7 cm³/mol. The Kier molecular flexibility index (Phi) is 2.77. The minimum absolute atomic E-state index is 0.220. The summed E-state index contributed by atoms with van der Waals surface area (Å²) < 4.78 is 2.29. The number of hydrogen-bond donors (Lipinski definition) is 1. The van der Waals surface area contributed by atoms with E-state index in [1.165, 1.54) is 22.0 Å². The Morgan fingerprint density at radius 2 is 2.08 bits per heavy atom. The monoisotopic (exact) mass is 303 g/mol. The fraction of sp³-hybridized carbons (Fsp3) is 0.400. The lowest BCUT2D eigenvalue weighted by atomic mass is 9.88. The first-order valence-corrected chi connectivity index (χ1v) is 6.00. The van der Waals surface area contributed by atoms with E-state index in [-0.39, 0.29) is 6.04 Å². The van der Waals surface area contributed by atoms with Gasteiger partial charge in [-0.3, -0.25) is 0 Å². The van der Waals surface area contributed by atoms with Crippen LogP contribution in [0.15, 0.2) is 21.1 Å². The van der Waals surface area contributed by atoms with Crippen molar-refractivity contribution in [3.63, 3.8) is 0 Å². The molecule has 0 bridgehead atoms. The molecule has 2 rings (SSSR count). The lowest BCUT2D eigenvalue weighted by molar-refractivity contribution is 0.568. The van der Waals surface area contributed by atoms with Gasteiger partial charge in [-0.25, -0.2) is 0 Å². The first-order chi connectivity index (χ1) is 6.18. The molecule has 1 aliphatic carbocycles.